The molecule has 0 aliphatic carbocycles. The number of nitrogens with zero attached hydrogens (tertiary/aromatic N) is 2. The lowest BCUT2D eigenvalue weighted by atomic mass is 10.1. The first kappa shape index (κ1) is 9.14. The molecular formula is C7H11BN2. The summed E-state index contributed by atoms with van der Waals surface area (Å²) in [6.07, 6.45) is 1.64. The van der Waals surface area contributed by atoms with E-state index >= 15 is 0 Å². The van der Waals surface area contributed by atoms with E-state index in [4.69, 9.17) is 7.85 Å². The molecule has 1 aromatic heterocycles. The van der Waals surface area contributed by atoms with Gasteiger partial charge in [-0.05, 0) is 13.0 Å². The quantitative estimate of drug-likeness (QED) is 0.485. The third kappa shape index (κ3) is 3.23. The van der Waals surface area contributed by atoms with Crippen LogP contribution >= 0.6 is 0 Å². The summed E-state index contributed by atoms with van der Waals surface area (Å²) in [6.45, 7) is 5.87. The molecule has 1 aromatic rings. The van der Waals surface area contributed by atoms with Crippen LogP contribution in [0.3, 0.4) is 0 Å². The fourth-order valence-electron chi connectivity index (χ4n) is 0.468. The predicted molar refractivity (Wildman–Crippen MR) is 43.5 cm³/mol. The van der Waals surface area contributed by atoms with Crippen LogP contribution in [0.4, 0.5) is 0 Å². The Kier molecular flexibility index (Phi) is 4.55. The number of aryl methyl sites for hydroxylation is 1. The molecule has 1 heterocycles. The molecule has 0 N–H and O–H groups in total. The molecule has 0 atom stereocenters. The molecule has 3 heteroatoms. The Bertz CT molecular complexity index is 171. The molecule has 0 aliphatic heterocycles. The first-order valence-electron chi connectivity index (χ1n) is 3.34. The van der Waals surface area contributed by atoms with E-state index in [9.17, 15) is 0 Å². The molecule has 52 valence electrons. The zero-order valence-corrected chi connectivity index (χ0v) is 6.63. The highest BCUT2D eigenvalue weighted by Crippen LogP contribution is 1.80. The van der Waals surface area contributed by atoms with Crippen molar-refractivity contribution in [2.45, 2.75) is 20.8 Å². The molecule has 0 unspecified atom stereocenters. The zero-order chi connectivity index (χ0) is 7.98. The van der Waals surface area contributed by atoms with Gasteiger partial charge in [0.1, 0.15) is 0 Å². The van der Waals surface area contributed by atoms with Gasteiger partial charge in [-0.25, -0.2) is 0 Å². The number of aromatic nitrogens is 2. The fraction of sp³-hybridized carbons (Fsp3) is 0.429. The first-order chi connectivity index (χ1) is 4.79. The highest BCUT2D eigenvalue weighted by Gasteiger charge is 1.83. The number of hydrogen-bond acceptors (Lipinski definition) is 2. The van der Waals surface area contributed by atoms with Crippen molar-refractivity contribution in [3.8, 4) is 0 Å². The summed E-state index contributed by atoms with van der Waals surface area (Å²) in [5.41, 5.74) is 1.24. The maximum absolute atomic E-state index is 5.24. The van der Waals surface area contributed by atoms with Crippen molar-refractivity contribution < 1.29 is 0 Å². The smallest absolute Gasteiger partial charge is 0.170 e. The third-order valence-corrected chi connectivity index (χ3v) is 0.813. The predicted octanol–water partition coefficient (Wildman–Crippen LogP) is 0.605. The number of hydrogen-bond donors (Lipinski definition) is 0. The Morgan fingerprint density at radius 2 is 2.00 bits per heavy atom. The van der Waals surface area contributed by atoms with Gasteiger partial charge in [-0.1, -0.05) is 13.8 Å². The lowest BCUT2D eigenvalue weighted by Gasteiger charge is -1.89. The van der Waals surface area contributed by atoms with Crippen molar-refractivity contribution in [1.82, 2.24) is 9.97 Å². The van der Waals surface area contributed by atoms with Crippen LogP contribution in [0.25, 0.3) is 0 Å². The van der Waals surface area contributed by atoms with Gasteiger partial charge >= 0.3 is 0 Å². The van der Waals surface area contributed by atoms with E-state index in [0.29, 0.717) is 5.72 Å². The topological polar surface area (TPSA) is 25.8 Å². The Labute approximate surface area is 63.1 Å². The lowest BCUT2D eigenvalue weighted by molar-refractivity contribution is 1.16. The summed E-state index contributed by atoms with van der Waals surface area (Å²) >= 11 is 0. The fourth-order valence-corrected chi connectivity index (χ4v) is 0.468. The zero-order valence-electron chi connectivity index (χ0n) is 6.63. The average Bonchev–Trinajstić information content (AvgIpc) is 1.91. The van der Waals surface area contributed by atoms with Crippen LogP contribution in [0.2, 0.25) is 0 Å². The van der Waals surface area contributed by atoms with Gasteiger partial charge in [0.25, 0.3) is 0 Å². The second kappa shape index (κ2) is 4.97. The summed E-state index contributed by atoms with van der Waals surface area (Å²) < 4.78 is 0. The molecule has 2 radical (unpaired) electrons. The van der Waals surface area contributed by atoms with Gasteiger partial charge in [-0.3, -0.25) is 9.97 Å². The van der Waals surface area contributed by atoms with Crippen molar-refractivity contribution in [3.63, 3.8) is 0 Å². The van der Waals surface area contributed by atoms with Crippen molar-refractivity contribution in [3.05, 3.63) is 18.0 Å². The maximum Gasteiger partial charge on any atom is 0.170 e. The van der Waals surface area contributed by atoms with Gasteiger partial charge in [-0.15, -0.1) is 0 Å². The van der Waals surface area contributed by atoms with Crippen LogP contribution in [0.5, 0.6) is 0 Å². The summed E-state index contributed by atoms with van der Waals surface area (Å²) in [5, 5.41) is 0. The second-order valence-electron chi connectivity index (χ2n) is 1.56. The lowest BCUT2D eigenvalue weighted by Crippen LogP contribution is -2.12. The standard InChI is InChI=1S/C5H5BN2.C2H6/c1-4-2-3-7-5(6)8-4;1-2/h2-3H,1H3;1-2H3. The van der Waals surface area contributed by atoms with Gasteiger partial charge in [0, 0.05) is 11.9 Å². The highest BCUT2D eigenvalue weighted by atomic mass is 14.8. The van der Waals surface area contributed by atoms with Crippen molar-refractivity contribution in [2.24, 2.45) is 0 Å². The van der Waals surface area contributed by atoms with E-state index in [1.807, 2.05) is 20.8 Å². The molecule has 0 saturated carbocycles. The number of rotatable bonds is 0. The first-order valence-corrected chi connectivity index (χ1v) is 3.34. The molecule has 0 bridgehead atoms. The summed E-state index contributed by atoms with van der Waals surface area (Å²) in [7, 11) is 5.24. The molecule has 1 rings (SSSR count). The van der Waals surface area contributed by atoms with Gasteiger partial charge in [0.05, 0.1) is 5.72 Å². The maximum atomic E-state index is 5.24. The van der Waals surface area contributed by atoms with E-state index in [0.717, 1.165) is 5.69 Å². The normalized spacial score (nSPS) is 7.90. The second-order valence-corrected chi connectivity index (χ2v) is 1.56. The molecule has 0 fully saturated rings. The monoisotopic (exact) mass is 134 g/mol. The van der Waals surface area contributed by atoms with Crippen molar-refractivity contribution >= 4 is 13.6 Å². The van der Waals surface area contributed by atoms with Crippen molar-refractivity contribution in [2.75, 3.05) is 0 Å². The van der Waals surface area contributed by atoms with Crippen LogP contribution in [0, 0.1) is 6.92 Å². The van der Waals surface area contributed by atoms with Crippen LogP contribution < -0.4 is 5.72 Å². The van der Waals surface area contributed by atoms with E-state index < -0.39 is 0 Å². The van der Waals surface area contributed by atoms with Gasteiger partial charge in [0.2, 0.25) is 0 Å². The van der Waals surface area contributed by atoms with Crippen molar-refractivity contribution in [1.29, 1.82) is 0 Å². The Balaban J connectivity index is 0.000000371. The van der Waals surface area contributed by atoms with Gasteiger partial charge in [0.15, 0.2) is 7.85 Å². The average molecular weight is 134 g/mol. The largest absolute Gasteiger partial charge is 0.254 e. The molecule has 0 aromatic carbocycles. The molecule has 0 amide bonds. The molecule has 10 heavy (non-hydrogen) atoms. The summed E-state index contributed by atoms with van der Waals surface area (Å²) in [4.78, 5) is 7.55. The van der Waals surface area contributed by atoms with E-state index in [1.54, 1.807) is 12.3 Å². The van der Waals surface area contributed by atoms with Crippen LogP contribution in [0.15, 0.2) is 12.3 Å². The molecular weight excluding hydrogens is 123 g/mol. The Hall–Kier alpha value is -0.855. The minimum absolute atomic E-state index is 0.338. The molecule has 2 nitrogen and oxygen atoms in total. The summed E-state index contributed by atoms with van der Waals surface area (Å²) in [5.74, 6) is 0. The van der Waals surface area contributed by atoms with Gasteiger partial charge in [-0.2, -0.15) is 0 Å². The van der Waals surface area contributed by atoms with Crippen LogP contribution in [0.1, 0.15) is 19.5 Å². The minimum Gasteiger partial charge on any atom is -0.254 e. The molecule has 0 saturated heterocycles. The van der Waals surface area contributed by atoms with Crippen LogP contribution in [-0.4, -0.2) is 17.8 Å². The minimum atomic E-state index is 0.338. The Morgan fingerprint density at radius 3 is 2.30 bits per heavy atom. The summed E-state index contributed by atoms with van der Waals surface area (Å²) in [6, 6.07) is 1.80. The third-order valence-electron chi connectivity index (χ3n) is 0.813. The Morgan fingerprint density at radius 1 is 1.40 bits per heavy atom. The van der Waals surface area contributed by atoms with E-state index in [-0.39, 0.29) is 0 Å². The molecule has 0 aliphatic rings. The molecule has 0 spiro atoms. The highest BCUT2D eigenvalue weighted by molar-refractivity contribution is 6.28. The van der Waals surface area contributed by atoms with Gasteiger partial charge < -0.3 is 0 Å². The van der Waals surface area contributed by atoms with Crippen LogP contribution in [-0.2, 0) is 0 Å². The van der Waals surface area contributed by atoms with E-state index in [2.05, 4.69) is 9.97 Å². The van der Waals surface area contributed by atoms with E-state index in [1.165, 1.54) is 0 Å². The SMILES string of the molecule is CC.[B]c1nccc(C)n1.